The summed E-state index contributed by atoms with van der Waals surface area (Å²) in [6, 6.07) is 0. The molecular weight excluding hydrogens is 128 g/mol. The summed E-state index contributed by atoms with van der Waals surface area (Å²) in [5, 5.41) is 0. The predicted octanol–water partition coefficient (Wildman–Crippen LogP) is 1.49. The summed E-state index contributed by atoms with van der Waals surface area (Å²) in [6.45, 7) is 0. The fourth-order valence-electron chi connectivity index (χ4n) is 1.04. The molecule has 0 heterocycles. The van der Waals surface area contributed by atoms with Crippen LogP contribution < -0.4 is 0 Å². The SMILES string of the molecule is COC(OC)C1=CC=CC1. The molecule has 2 nitrogen and oxygen atoms in total. The van der Waals surface area contributed by atoms with Crippen molar-refractivity contribution in [1.29, 1.82) is 0 Å². The summed E-state index contributed by atoms with van der Waals surface area (Å²) >= 11 is 0. The van der Waals surface area contributed by atoms with Gasteiger partial charge in [0.15, 0.2) is 6.29 Å². The van der Waals surface area contributed by atoms with E-state index in [1.165, 1.54) is 5.57 Å². The van der Waals surface area contributed by atoms with Crippen molar-refractivity contribution in [1.82, 2.24) is 0 Å². The zero-order valence-corrected chi connectivity index (χ0v) is 6.33. The average Bonchev–Trinajstić information content (AvgIpc) is 2.43. The Morgan fingerprint density at radius 1 is 1.40 bits per heavy atom. The molecular formula is C8H12O2. The van der Waals surface area contributed by atoms with E-state index in [0.717, 1.165) is 6.42 Å². The van der Waals surface area contributed by atoms with Crippen LogP contribution in [0.25, 0.3) is 0 Å². The van der Waals surface area contributed by atoms with Gasteiger partial charge in [0.2, 0.25) is 0 Å². The molecule has 0 aromatic heterocycles. The van der Waals surface area contributed by atoms with E-state index in [1.54, 1.807) is 14.2 Å². The highest BCUT2D eigenvalue weighted by molar-refractivity contribution is 5.24. The first-order valence-electron chi connectivity index (χ1n) is 3.29. The lowest BCUT2D eigenvalue weighted by molar-refractivity contribution is -0.0755. The predicted molar refractivity (Wildman–Crippen MR) is 39.6 cm³/mol. The van der Waals surface area contributed by atoms with Crippen LogP contribution in [0.15, 0.2) is 23.8 Å². The molecule has 56 valence electrons. The molecule has 0 saturated carbocycles. The molecule has 0 aromatic rings. The van der Waals surface area contributed by atoms with Crippen LogP contribution in [-0.4, -0.2) is 20.5 Å². The molecule has 0 spiro atoms. The molecule has 1 aliphatic rings. The molecule has 1 aliphatic carbocycles. The number of allylic oxidation sites excluding steroid dienone is 3. The number of rotatable bonds is 3. The van der Waals surface area contributed by atoms with Gasteiger partial charge in [-0.3, -0.25) is 0 Å². The smallest absolute Gasteiger partial charge is 0.179 e. The zero-order chi connectivity index (χ0) is 7.40. The summed E-state index contributed by atoms with van der Waals surface area (Å²) in [5.41, 5.74) is 1.19. The third-order valence-electron chi connectivity index (χ3n) is 1.53. The first-order valence-corrected chi connectivity index (χ1v) is 3.29. The normalized spacial score (nSPS) is 16.5. The van der Waals surface area contributed by atoms with Gasteiger partial charge in [-0.15, -0.1) is 0 Å². The standard InChI is InChI=1S/C8H12O2/c1-9-8(10-2)7-5-3-4-6-7/h3-5,8H,6H2,1-2H3. The first kappa shape index (κ1) is 7.51. The van der Waals surface area contributed by atoms with Gasteiger partial charge in [0.05, 0.1) is 0 Å². The van der Waals surface area contributed by atoms with Crippen molar-refractivity contribution in [2.45, 2.75) is 12.7 Å². The largest absolute Gasteiger partial charge is 0.352 e. The minimum atomic E-state index is -0.157. The van der Waals surface area contributed by atoms with Gasteiger partial charge in [0.1, 0.15) is 0 Å². The first-order chi connectivity index (χ1) is 4.88. The summed E-state index contributed by atoms with van der Waals surface area (Å²) < 4.78 is 10.1. The molecule has 0 atom stereocenters. The summed E-state index contributed by atoms with van der Waals surface area (Å²) in [7, 11) is 3.29. The van der Waals surface area contributed by atoms with Crippen LogP contribution in [-0.2, 0) is 9.47 Å². The van der Waals surface area contributed by atoms with Crippen LogP contribution in [0.5, 0.6) is 0 Å². The highest BCUT2D eigenvalue weighted by Crippen LogP contribution is 2.16. The maximum atomic E-state index is 5.05. The summed E-state index contributed by atoms with van der Waals surface area (Å²) in [6.07, 6.45) is 6.92. The van der Waals surface area contributed by atoms with E-state index >= 15 is 0 Å². The van der Waals surface area contributed by atoms with Gasteiger partial charge in [-0.05, 0) is 12.0 Å². The number of hydrogen-bond donors (Lipinski definition) is 0. The topological polar surface area (TPSA) is 18.5 Å². The Labute approximate surface area is 61.1 Å². The molecule has 0 N–H and O–H groups in total. The molecule has 0 aliphatic heterocycles. The molecule has 0 aromatic carbocycles. The fourth-order valence-corrected chi connectivity index (χ4v) is 1.04. The van der Waals surface area contributed by atoms with Crippen molar-refractivity contribution in [2.24, 2.45) is 0 Å². The monoisotopic (exact) mass is 140 g/mol. The lowest BCUT2D eigenvalue weighted by Crippen LogP contribution is -2.14. The third-order valence-corrected chi connectivity index (χ3v) is 1.53. The maximum Gasteiger partial charge on any atom is 0.179 e. The van der Waals surface area contributed by atoms with Crippen LogP contribution in [0.3, 0.4) is 0 Å². The van der Waals surface area contributed by atoms with Crippen molar-refractivity contribution in [2.75, 3.05) is 14.2 Å². The Morgan fingerprint density at radius 3 is 2.50 bits per heavy atom. The van der Waals surface area contributed by atoms with Crippen LogP contribution in [0, 0.1) is 0 Å². The van der Waals surface area contributed by atoms with Crippen LogP contribution >= 0.6 is 0 Å². The highest BCUT2D eigenvalue weighted by Gasteiger charge is 2.11. The minimum Gasteiger partial charge on any atom is -0.352 e. The quantitative estimate of drug-likeness (QED) is 0.553. The van der Waals surface area contributed by atoms with E-state index in [0.29, 0.717) is 0 Å². The molecule has 0 saturated heterocycles. The Hall–Kier alpha value is -0.600. The van der Waals surface area contributed by atoms with Gasteiger partial charge >= 0.3 is 0 Å². The van der Waals surface area contributed by atoms with E-state index in [1.807, 2.05) is 12.2 Å². The molecule has 1 rings (SSSR count). The summed E-state index contributed by atoms with van der Waals surface area (Å²) in [5.74, 6) is 0. The molecule has 0 amide bonds. The molecule has 0 fully saturated rings. The number of ether oxygens (including phenoxy) is 2. The maximum absolute atomic E-state index is 5.05. The minimum absolute atomic E-state index is 0.157. The van der Waals surface area contributed by atoms with Gasteiger partial charge in [-0.2, -0.15) is 0 Å². The Kier molecular flexibility index (Phi) is 2.66. The van der Waals surface area contributed by atoms with E-state index in [9.17, 15) is 0 Å². The Balaban J connectivity index is 2.47. The molecule has 10 heavy (non-hydrogen) atoms. The van der Waals surface area contributed by atoms with Gasteiger partial charge in [-0.25, -0.2) is 0 Å². The lowest BCUT2D eigenvalue weighted by atomic mass is 10.2. The lowest BCUT2D eigenvalue weighted by Gasteiger charge is -2.13. The van der Waals surface area contributed by atoms with Crippen molar-refractivity contribution < 1.29 is 9.47 Å². The van der Waals surface area contributed by atoms with Gasteiger partial charge in [-0.1, -0.05) is 18.2 Å². The van der Waals surface area contributed by atoms with E-state index in [2.05, 4.69) is 6.08 Å². The van der Waals surface area contributed by atoms with E-state index in [4.69, 9.17) is 9.47 Å². The molecule has 2 heteroatoms. The number of methoxy groups -OCH3 is 2. The van der Waals surface area contributed by atoms with Gasteiger partial charge in [0, 0.05) is 14.2 Å². The van der Waals surface area contributed by atoms with Gasteiger partial charge in [0.25, 0.3) is 0 Å². The second kappa shape index (κ2) is 3.54. The fraction of sp³-hybridized carbons (Fsp3) is 0.500. The molecule has 0 radical (unpaired) electrons. The highest BCUT2D eigenvalue weighted by atomic mass is 16.7. The molecule has 0 bridgehead atoms. The second-order valence-corrected chi connectivity index (χ2v) is 2.18. The average molecular weight is 140 g/mol. The van der Waals surface area contributed by atoms with Crippen molar-refractivity contribution in [3.05, 3.63) is 23.8 Å². The van der Waals surface area contributed by atoms with Crippen LogP contribution in [0.2, 0.25) is 0 Å². The Bertz CT molecular complexity index is 155. The third kappa shape index (κ3) is 1.46. The van der Waals surface area contributed by atoms with Crippen molar-refractivity contribution in [3.63, 3.8) is 0 Å². The van der Waals surface area contributed by atoms with Crippen molar-refractivity contribution >= 4 is 0 Å². The van der Waals surface area contributed by atoms with Crippen LogP contribution in [0.4, 0.5) is 0 Å². The van der Waals surface area contributed by atoms with Crippen LogP contribution in [0.1, 0.15) is 6.42 Å². The van der Waals surface area contributed by atoms with E-state index in [-0.39, 0.29) is 6.29 Å². The zero-order valence-electron chi connectivity index (χ0n) is 6.33. The Morgan fingerprint density at radius 2 is 2.10 bits per heavy atom. The molecule has 0 unspecified atom stereocenters. The van der Waals surface area contributed by atoms with Gasteiger partial charge < -0.3 is 9.47 Å². The number of hydrogen-bond acceptors (Lipinski definition) is 2. The summed E-state index contributed by atoms with van der Waals surface area (Å²) in [4.78, 5) is 0. The van der Waals surface area contributed by atoms with Crippen molar-refractivity contribution in [3.8, 4) is 0 Å². The second-order valence-electron chi connectivity index (χ2n) is 2.18. The van der Waals surface area contributed by atoms with E-state index < -0.39 is 0 Å².